The Kier molecular flexibility index (Phi) is 30.8. The molecule has 48 heavy (non-hydrogen) atoms. The van der Waals surface area contributed by atoms with Gasteiger partial charge in [-0.15, -0.1) is 0 Å². The highest BCUT2D eigenvalue weighted by Gasteiger charge is 2.35. The van der Waals surface area contributed by atoms with Crippen LogP contribution in [0.15, 0.2) is 36.5 Å². The van der Waals surface area contributed by atoms with Gasteiger partial charge in [0.05, 0.1) is 12.2 Å². The van der Waals surface area contributed by atoms with E-state index in [9.17, 15) is 14.7 Å². The molecule has 1 heterocycles. The van der Waals surface area contributed by atoms with Crippen molar-refractivity contribution in [2.75, 3.05) is 13.2 Å². The van der Waals surface area contributed by atoms with Crippen molar-refractivity contribution in [2.24, 2.45) is 0 Å². The molecule has 6 nitrogen and oxygen atoms in total. The van der Waals surface area contributed by atoms with Gasteiger partial charge >= 0.3 is 11.9 Å². The number of aliphatic hydroxyl groups is 1. The van der Waals surface area contributed by atoms with E-state index in [0.717, 1.165) is 44.9 Å². The maximum absolute atomic E-state index is 12.0. The van der Waals surface area contributed by atoms with Gasteiger partial charge in [0.25, 0.3) is 0 Å². The molecule has 1 aliphatic rings. The van der Waals surface area contributed by atoms with Crippen LogP contribution in [0.5, 0.6) is 0 Å². The average Bonchev–Trinajstić information content (AvgIpc) is 3.84. The summed E-state index contributed by atoms with van der Waals surface area (Å²) in [4.78, 5) is 24.0. The summed E-state index contributed by atoms with van der Waals surface area (Å²) in [5, 5.41) is 10.0. The molecular weight excluding hydrogens is 600 g/mol. The van der Waals surface area contributed by atoms with Crippen LogP contribution < -0.4 is 0 Å². The third-order valence-electron chi connectivity index (χ3n) is 9.03. The largest absolute Gasteiger partial charge is 0.463 e. The first-order valence-corrected chi connectivity index (χ1v) is 20.2. The molecule has 0 aromatic rings. The lowest BCUT2D eigenvalue weighted by atomic mass is 10.0. The van der Waals surface area contributed by atoms with E-state index in [2.05, 4.69) is 50.3 Å². The van der Waals surface area contributed by atoms with E-state index >= 15 is 0 Å². The number of unbranched alkanes of at least 4 members (excludes halogenated alkanes) is 19. The number of ether oxygens (including phenoxy) is 3. The molecule has 0 bridgehead atoms. The molecule has 278 valence electrons. The maximum Gasteiger partial charge on any atom is 0.305 e. The predicted octanol–water partition coefficient (Wildman–Crippen LogP) is 11.4. The summed E-state index contributed by atoms with van der Waals surface area (Å²) in [6, 6.07) is 0. The van der Waals surface area contributed by atoms with E-state index in [1.807, 2.05) is 0 Å². The van der Waals surface area contributed by atoms with Gasteiger partial charge in [0.15, 0.2) is 0 Å². The zero-order valence-corrected chi connectivity index (χ0v) is 31.2. The van der Waals surface area contributed by atoms with Crippen LogP contribution in [0.2, 0.25) is 0 Å². The average molecular weight is 675 g/mol. The highest BCUT2D eigenvalue weighted by atomic mass is 16.6. The van der Waals surface area contributed by atoms with Gasteiger partial charge in [-0.3, -0.25) is 9.59 Å². The molecule has 3 atom stereocenters. The summed E-state index contributed by atoms with van der Waals surface area (Å²) in [7, 11) is 0. The third-order valence-corrected chi connectivity index (χ3v) is 9.03. The molecule has 0 amide bonds. The third kappa shape index (κ3) is 30.2. The molecule has 0 saturated carbocycles. The van der Waals surface area contributed by atoms with E-state index in [1.165, 1.54) is 109 Å². The summed E-state index contributed by atoms with van der Waals surface area (Å²) in [6.45, 7) is 4.22. The Morgan fingerprint density at radius 3 is 1.48 bits per heavy atom. The fourth-order valence-electron chi connectivity index (χ4n) is 5.83. The van der Waals surface area contributed by atoms with Crippen molar-refractivity contribution in [1.29, 1.82) is 0 Å². The van der Waals surface area contributed by atoms with Crippen molar-refractivity contribution < 1.29 is 28.9 Å². The summed E-state index contributed by atoms with van der Waals surface area (Å²) >= 11 is 0. The second-order valence-electron chi connectivity index (χ2n) is 13.8. The zero-order valence-electron chi connectivity index (χ0n) is 31.2. The first-order chi connectivity index (χ1) is 23.6. The van der Waals surface area contributed by atoms with Crippen LogP contribution in [-0.4, -0.2) is 48.6 Å². The van der Waals surface area contributed by atoms with Crippen molar-refractivity contribution in [3.05, 3.63) is 36.5 Å². The van der Waals surface area contributed by atoms with Gasteiger partial charge in [0, 0.05) is 12.8 Å². The minimum absolute atomic E-state index is 0.135. The van der Waals surface area contributed by atoms with E-state index in [1.54, 1.807) is 0 Å². The molecule has 0 aromatic carbocycles. The highest BCUT2D eigenvalue weighted by Crippen LogP contribution is 2.29. The molecule has 1 N–H and O–H groups in total. The van der Waals surface area contributed by atoms with Crippen LogP contribution in [0, 0.1) is 0 Å². The van der Waals surface area contributed by atoms with Crippen LogP contribution >= 0.6 is 0 Å². The van der Waals surface area contributed by atoms with Crippen molar-refractivity contribution in [2.45, 2.75) is 206 Å². The van der Waals surface area contributed by atoms with Gasteiger partial charge < -0.3 is 19.3 Å². The summed E-state index contributed by atoms with van der Waals surface area (Å²) < 4.78 is 16.0. The Morgan fingerprint density at radius 1 is 0.542 bits per heavy atom. The SMILES string of the molecule is CCCCC/C=C\C/C=C\CC1OC1C/C=C\CCCC(=O)OC[C@@H](O)COC(=O)CCCCCCCCCCCCCCCCCC. The Labute approximate surface area is 295 Å². The zero-order chi connectivity index (χ0) is 34.8. The number of rotatable bonds is 35. The number of epoxide rings is 1. The monoisotopic (exact) mass is 675 g/mol. The standard InChI is InChI=1S/C42H74O6/c1-3-5-7-9-11-13-14-15-16-17-18-19-21-23-25-30-34-41(44)46-36-38(43)37-47-42(45)35-31-27-26-29-33-40-39(48-40)32-28-24-22-20-12-10-8-6-4-2/h12,20,24,26,28-29,38-40,43H,3-11,13-19,21-23,25,27,30-37H2,1-2H3/b20-12-,28-24-,29-26-/t38-,39?,40?/m0/s1. The Balaban J connectivity index is 1.86. The number of carbonyl (C=O) groups excluding carboxylic acids is 2. The normalized spacial score (nSPS) is 16.7. The number of esters is 2. The molecule has 0 aliphatic carbocycles. The van der Waals surface area contributed by atoms with E-state index < -0.39 is 6.10 Å². The minimum Gasteiger partial charge on any atom is -0.463 e. The van der Waals surface area contributed by atoms with E-state index in [-0.39, 0.29) is 25.2 Å². The van der Waals surface area contributed by atoms with E-state index in [4.69, 9.17) is 14.2 Å². The summed E-state index contributed by atoms with van der Waals surface area (Å²) in [6.07, 6.45) is 43.7. The van der Waals surface area contributed by atoms with Gasteiger partial charge in [-0.25, -0.2) is 0 Å². The lowest BCUT2D eigenvalue weighted by molar-refractivity contribution is -0.152. The van der Waals surface area contributed by atoms with Gasteiger partial charge in [-0.05, 0) is 51.4 Å². The van der Waals surface area contributed by atoms with Crippen LogP contribution in [-0.2, 0) is 23.8 Å². The predicted molar refractivity (Wildman–Crippen MR) is 200 cm³/mol. The maximum atomic E-state index is 12.0. The van der Waals surface area contributed by atoms with Crippen molar-refractivity contribution in [3.8, 4) is 0 Å². The second-order valence-corrected chi connectivity index (χ2v) is 13.8. The molecule has 1 rings (SSSR count). The van der Waals surface area contributed by atoms with Gasteiger partial charge in [-0.2, -0.15) is 0 Å². The molecule has 0 radical (unpaired) electrons. The number of carbonyl (C=O) groups is 2. The van der Waals surface area contributed by atoms with Crippen LogP contribution in [0.4, 0.5) is 0 Å². The number of hydrogen-bond donors (Lipinski definition) is 1. The smallest absolute Gasteiger partial charge is 0.305 e. The molecule has 0 spiro atoms. The Hall–Kier alpha value is -1.92. The second kappa shape index (κ2) is 33.6. The molecule has 1 fully saturated rings. The lowest BCUT2D eigenvalue weighted by Gasteiger charge is -2.12. The topological polar surface area (TPSA) is 85.4 Å². The molecule has 6 heteroatoms. The Morgan fingerprint density at radius 2 is 0.938 bits per heavy atom. The molecular formula is C42H74O6. The molecule has 0 aromatic heterocycles. The fourth-order valence-corrected chi connectivity index (χ4v) is 5.83. The first-order valence-electron chi connectivity index (χ1n) is 20.2. The van der Waals surface area contributed by atoms with Crippen LogP contribution in [0.25, 0.3) is 0 Å². The van der Waals surface area contributed by atoms with Gasteiger partial charge in [0.1, 0.15) is 19.3 Å². The minimum atomic E-state index is -0.989. The molecule has 1 aliphatic heterocycles. The van der Waals surface area contributed by atoms with Crippen molar-refractivity contribution in [1.82, 2.24) is 0 Å². The van der Waals surface area contributed by atoms with Crippen LogP contribution in [0.3, 0.4) is 0 Å². The van der Waals surface area contributed by atoms with Crippen molar-refractivity contribution in [3.63, 3.8) is 0 Å². The van der Waals surface area contributed by atoms with Crippen LogP contribution in [0.1, 0.15) is 187 Å². The Bertz CT molecular complexity index is 834. The van der Waals surface area contributed by atoms with E-state index in [0.29, 0.717) is 31.5 Å². The number of hydrogen-bond acceptors (Lipinski definition) is 6. The van der Waals surface area contributed by atoms with Crippen molar-refractivity contribution >= 4 is 11.9 Å². The summed E-state index contributed by atoms with van der Waals surface area (Å²) in [5.74, 6) is -0.632. The summed E-state index contributed by atoms with van der Waals surface area (Å²) in [5.41, 5.74) is 0. The number of aliphatic hydroxyl groups excluding tert-OH is 1. The quantitative estimate of drug-likeness (QED) is 0.0312. The molecule has 2 unspecified atom stereocenters. The molecule has 1 saturated heterocycles. The first kappa shape index (κ1) is 44.1. The van der Waals surface area contributed by atoms with Gasteiger partial charge in [-0.1, -0.05) is 159 Å². The lowest BCUT2D eigenvalue weighted by Crippen LogP contribution is -2.25. The van der Waals surface area contributed by atoms with Gasteiger partial charge in [0.2, 0.25) is 0 Å². The fraction of sp³-hybridized carbons (Fsp3) is 0.810. The highest BCUT2D eigenvalue weighted by molar-refractivity contribution is 5.69. The number of allylic oxidation sites excluding steroid dienone is 4.